The monoisotopic (exact) mass is 488 g/mol. The molecular weight excluding hydrogens is 439 g/mol. The average Bonchev–Trinajstić information content (AvgIpc) is 2.83. The summed E-state index contributed by atoms with van der Waals surface area (Å²) in [4.78, 5) is 32.9. The van der Waals surface area contributed by atoms with Crippen molar-refractivity contribution in [2.24, 2.45) is 0 Å². The van der Waals surface area contributed by atoms with Gasteiger partial charge in [-0.1, -0.05) is 13.8 Å². The van der Waals surface area contributed by atoms with Gasteiger partial charge < -0.3 is 0 Å². The summed E-state index contributed by atoms with van der Waals surface area (Å²) in [7, 11) is -5.10. The Morgan fingerprint density at radius 1 is 0.441 bits per heavy atom. The summed E-state index contributed by atoms with van der Waals surface area (Å²) in [5.74, 6) is 0. The number of unbranched alkanes of at least 4 members (excludes halogenated alkanes) is 12. The number of benzene rings is 2. The van der Waals surface area contributed by atoms with Crippen molar-refractivity contribution in [3.8, 4) is 0 Å². The predicted octanol–water partition coefficient (Wildman–Crippen LogP) is 7.50. The van der Waals surface area contributed by atoms with Gasteiger partial charge in [-0.2, -0.15) is 0 Å². The van der Waals surface area contributed by atoms with Crippen LogP contribution in [0.5, 0.6) is 0 Å². The molecule has 0 aliphatic heterocycles. The minimum absolute atomic E-state index is 0.203. The van der Waals surface area contributed by atoms with E-state index in [2.05, 4.69) is 13.8 Å². The van der Waals surface area contributed by atoms with Crippen LogP contribution >= 0.6 is 7.28 Å². The van der Waals surface area contributed by atoms with Crippen LogP contribution in [0.25, 0.3) is 0 Å². The van der Waals surface area contributed by atoms with E-state index in [4.69, 9.17) is 0 Å². The Hall–Kier alpha value is -1.25. The molecule has 0 atom stereocenters. The molecule has 0 aliphatic carbocycles. The van der Waals surface area contributed by atoms with Crippen LogP contribution in [0.1, 0.15) is 115 Å². The first kappa shape index (κ1) is 29.0. The molecule has 192 valence electrons. The van der Waals surface area contributed by atoms with Crippen LogP contribution < -0.4 is 10.6 Å². The van der Waals surface area contributed by atoms with E-state index in [1.807, 2.05) is 24.3 Å². The Bertz CT molecular complexity index is 725. The number of aryl methyl sites for hydroxylation is 2. The van der Waals surface area contributed by atoms with E-state index in [1.165, 1.54) is 88.2 Å². The summed E-state index contributed by atoms with van der Waals surface area (Å²) in [6.45, 7) is 4.48. The van der Waals surface area contributed by atoms with Gasteiger partial charge in [0.05, 0.1) is 0 Å². The van der Waals surface area contributed by atoms with Crippen LogP contribution in [-0.4, -0.2) is 14.7 Å². The van der Waals surface area contributed by atoms with Crippen molar-refractivity contribution in [2.45, 2.75) is 117 Å². The van der Waals surface area contributed by atoms with Crippen LogP contribution in [0.2, 0.25) is 0 Å². The second kappa shape index (κ2) is 15.0. The van der Waals surface area contributed by atoms with Gasteiger partial charge in [-0.3, -0.25) is 0 Å². The molecule has 3 nitrogen and oxygen atoms in total. The number of rotatable bonds is 18. The van der Waals surface area contributed by atoms with Crippen molar-refractivity contribution < 1.29 is 14.7 Å². The van der Waals surface area contributed by atoms with Gasteiger partial charge in [0, 0.05) is 0 Å². The van der Waals surface area contributed by atoms with Crippen LogP contribution in [0.4, 0.5) is 0 Å². The topological polar surface area (TPSA) is 60.7 Å². The quantitative estimate of drug-likeness (QED) is 0.150. The third kappa shape index (κ3) is 9.78. The van der Waals surface area contributed by atoms with E-state index < -0.39 is 7.28 Å². The zero-order valence-electron chi connectivity index (χ0n) is 21.7. The first-order chi connectivity index (χ1) is 16.4. The Morgan fingerprint density at radius 2 is 0.735 bits per heavy atom. The van der Waals surface area contributed by atoms with E-state index in [9.17, 15) is 14.7 Å². The van der Waals surface area contributed by atoms with E-state index >= 15 is 0 Å². The Labute approximate surface area is 208 Å². The molecule has 0 radical (unpaired) electrons. The fourth-order valence-electron chi connectivity index (χ4n) is 4.60. The second-order valence-electron chi connectivity index (χ2n) is 10.1. The normalized spacial score (nSPS) is 13.0. The molecule has 3 N–H and O–H groups in total. The maximum absolute atomic E-state index is 11.0. The number of hydrogen-bond acceptors (Lipinski definition) is 3. The molecule has 0 fully saturated rings. The molecule has 4 heteroatoms. The van der Waals surface area contributed by atoms with Gasteiger partial charge in [0.15, 0.2) is 0 Å². The molecule has 34 heavy (non-hydrogen) atoms. The molecular formula is C30H49O3P. The molecule has 0 spiro atoms. The van der Waals surface area contributed by atoms with Crippen LogP contribution in [0.3, 0.4) is 0 Å². The van der Waals surface area contributed by atoms with Crippen LogP contribution in [0.15, 0.2) is 48.5 Å². The maximum atomic E-state index is 11.0. The van der Waals surface area contributed by atoms with Crippen molar-refractivity contribution in [3.63, 3.8) is 0 Å². The summed E-state index contributed by atoms with van der Waals surface area (Å²) in [6.07, 6.45) is 19.8. The number of hydrogen-bond donors (Lipinski definition) is 3. The zero-order valence-corrected chi connectivity index (χ0v) is 22.6. The summed E-state index contributed by atoms with van der Waals surface area (Å²) >= 11 is 0. The van der Waals surface area contributed by atoms with Crippen LogP contribution in [-0.2, 0) is 12.8 Å². The van der Waals surface area contributed by atoms with Crippen molar-refractivity contribution in [1.82, 2.24) is 0 Å². The second-order valence-corrected chi connectivity index (χ2v) is 13.0. The van der Waals surface area contributed by atoms with Crippen molar-refractivity contribution >= 4 is 17.9 Å². The molecule has 2 aromatic carbocycles. The Morgan fingerprint density at radius 3 is 1.06 bits per heavy atom. The molecule has 0 saturated carbocycles. The van der Waals surface area contributed by atoms with Gasteiger partial charge in [-0.05, 0) is 0 Å². The summed E-state index contributed by atoms with van der Waals surface area (Å²) in [6, 6.07) is 14.4. The van der Waals surface area contributed by atoms with Gasteiger partial charge in [-0.25, -0.2) is 0 Å². The van der Waals surface area contributed by atoms with Crippen molar-refractivity contribution in [2.75, 3.05) is 0 Å². The molecule has 0 heterocycles. The molecule has 0 saturated heterocycles. The van der Waals surface area contributed by atoms with Gasteiger partial charge in [0.25, 0.3) is 0 Å². The minimum atomic E-state index is -5.10. The molecule has 0 bridgehead atoms. The molecule has 0 unspecified atom stereocenters. The molecule has 0 aromatic heterocycles. The van der Waals surface area contributed by atoms with E-state index in [1.54, 1.807) is 24.3 Å². The van der Waals surface area contributed by atoms with Crippen molar-refractivity contribution in [3.05, 3.63) is 59.7 Å². The zero-order chi connectivity index (χ0) is 24.7. The van der Waals surface area contributed by atoms with E-state index in [-0.39, 0.29) is 10.6 Å². The fourth-order valence-corrected chi connectivity index (χ4v) is 6.29. The first-order valence-corrected chi connectivity index (χ1v) is 15.9. The van der Waals surface area contributed by atoms with Crippen molar-refractivity contribution in [1.29, 1.82) is 0 Å². The average molecular weight is 489 g/mol. The third-order valence-corrected chi connectivity index (χ3v) is 9.46. The molecule has 0 amide bonds. The summed E-state index contributed by atoms with van der Waals surface area (Å²) in [5, 5.41) is 0.406. The fraction of sp³-hybridized carbons (Fsp3) is 0.600. The summed E-state index contributed by atoms with van der Waals surface area (Å²) in [5.41, 5.74) is 2.35. The SMILES string of the molecule is CCCCCCCCCc1ccc(P(O)(O)(O)c2ccc(CCCCCCCCC)cc2)cc1. The Kier molecular flexibility index (Phi) is 12.8. The van der Waals surface area contributed by atoms with Gasteiger partial charge in [0.1, 0.15) is 0 Å². The first-order valence-electron chi connectivity index (χ1n) is 13.8. The van der Waals surface area contributed by atoms with Gasteiger partial charge in [0.2, 0.25) is 0 Å². The van der Waals surface area contributed by atoms with E-state index in [0.717, 1.165) is 25.7 Å². The molecule has 2 aromatic rings. The van der Waals surface area contributed by atoms with Gasteiger partial charge in [-0.15, -0.1) is 0 Å². The Balaban J connectivity index is 1.84. The third-order valence-electron chi connectivity index (χ3n) is 6.96. The molecule has 2 rings (SSSR count). The summed E-state index contributed by atoms with van der Waals surface area (Å²) < 4.78 is 0. The van der Waals surface area contributed by atoms with Gasteiger partial charge >= 0.3 is 195 Å². The predicted molar refractivity (Wildman–Crippen MR) is 149 cm³/mol. The van der Waals surface area contributed by atoms with Crippen LogP contribution in [0, 0.1) is 0 Å². The standard InChI is InChI=1S/C30H49O3P/c1-3-5-7-9-11-13-15-17-27-19-23-29(24-20-27)34(31,32,33)30-25-21-28(22-26-30)18-16-14-12-10-8-6-4-2/h19-26,31-33H,3-18H2,1-2H3. The molecule has 0 aliphatic rings. The van der Waals surface area contributed by atoms with E-state index in [0.29, 0.717) is 0 Å².